The third kappa shape index (κ3) is 4.27. The Kier molecular flexibility index (Phi) is 5.94. The van der Waals surface area contributed by atoms with Gasteiger partial charge in [-0.3, -0.25) is 4.79 Å². The number of carbonyl (C=O) groups excluding carboxylic acids is 1. The van der Waals surface area contributed by atoms with E-state index in [1.807, 2.05) is 35.3 Å². The van der Waals surface area contributed by atoms with Crippen molar-refractivity contribution in [1.82, 2.24) is 13.8 Å². The number of hydrogen-bond acceptors (Lipinski definition) is 4. The number of thioether (sulfide) groups is 1. The van der Waals surface area contributed by atoms with Gasteiger partial charge in [0.15, 0.2) is 0 Å². The van der Waals surface area contributed by atoms with E-state index in [2.05, 4.69) is 0 Å². The van der Waals surface area contributed by atoms with E-state index in [4.69, 9.17) is 0 Å². The Morgan fingerprint density at radius 3 is 2.27 bits per heavy atom. The zero-order valence-corrected chi connectivity index (χ0v) is 14.6. The maximum absolute atomic E-state index is 12.8. The Bertz CT molecular complexity index is 578. The van der Waals surface area contributed by atoms with Gasteiger partial charge in [-0.25, -0.2) is 8.42 Å². The average Bonchev–Trinajstić information content (AvgIpc) is 3.01. The number of piperazine rings is 1. The standard InChI is InChI=1S/C14H23N3O3S2/c1-21-12-5-13(15-6-3-4-7-15)14(18)16-8-10-17(11-9-16)22(2,19)20/h3-4,6-7,13H,5,8-12H2,1-2H3. The Morgan fingerprint density at radius 2 is 1.77 bits per heavy atom. The van der Waals surface area contributed by atoms with Gasteiger partial charge in [-0.1, -0.05) is 0 Å². The lowest BCUT2D eigenvalue weighted by Crippen LogP contribution is -2.51. The molecule has 0 aliphatic carbocycles. The van der Waals surface area contributed by atoms with Crippen LogP contribution >= 0.6 is 11.8 Å². The van der Waals surface area contributed by atoms with Crippen LogP contribution < -0.4 is 0 Å². The van der Waals surface area contributed by atoms with Gasteiger partial charge in [0.2, 0.25) is 15.9 Å². The summed E-state index contributed by atoms with van der Waals surface area (Å²) in [6.45, 7) is 1.68. The summed E-state index contributed by atoms with van der Waals surface area (Å²) in [5.41, 5.74) is 0. The van der Waals surface area contributed by atoms with Crippen molar-refractivity contribution in [2.45, 2.75) is 12.5 Å². The molecule has 1 amide bonds. The lowest BCUT2D eigenvalue weighted by Gasteiger charge is -2.35. The molecule has 1 aromatic heterocycles. The van der Waals surface area contributed by atoms with Crippen molar-refractivity contribution in [2.75, 3.05) is 44.4 Å². The van der Waals surface area contributed by atoms with Crippen molar-refractivity contribution < 1.29 is 13.2 Å². The van der Waals surface area contributed by atoms with Gasteiger partial charge in [0.05, 0.1) is 6.26 Å². The Balaban J connectivity index is 2.02. The fourth-order valence-corrected chi connectivity index (χ4v) is 3.92. The minimum atomic E-state index is -3.17. The molecule has 2 heterocycles. The van der Waals surface area contributed by atoms with Crippen molar-refractivity contribution in [2.24, 2.45) is 0 Å². The van der Waals surface area contributed by atoms with Gasteiger partial charge in [-0.15, -0.1) is 0 Å². The molecule has 0 N–H and O–H groups in total. The molecular formula is C14H23N3O3S2. The molecule has 1 fully saturated rings. The molecular weight excluding hydrogens is 322 g/mol. The minimum absolute atomic E-state index is 0.0819. The van der Waals surface area contributed by atoms with Gasteiger partial charge >= 0.3 is 0 Å². The van der Waals surface area contributed by atoms with E-state index in [0.717, 1.165) is 12.2 Å². The second-order valence-corrected chi connectivity index (χ2v) is 8.38. The van der Waals surface area contributed by atoms with E-state index >= 15 is 0 Å². The molecule has 1 aliphatic rings. The number of carbonyl (C=O) groups is 1. The second-order valence-electron chi connectivity index (χ2n) is 5.41. The first-order valence-electron chi connectivity index (χ1n) is 7.29. The highest BCUT2D eigenvalue weighted by atomic mass is 32.2. The smallest absolute Gasteiger partial charge is 0.245 e. The molecule has 8 heteroatoms. The molecule has 1 unspecified atom stereocenters. The third-order valence-corrected chi connectivity index (χ3v) is 5.83. The summed E-state index contributed by atoms with van der Waals surface area (Å²) in [6, 6.07) is 3.63. The van der Waals surface area contributed by atoms with Crippen molar-refractivity contribution in [3.8, 4) is 0 Å². The van der Waals surface area contributed by atoms with Crippen LogP contribution in [-0.4, -0.2) is 72.5 Å². The highest BCUT2D eigenvalue weighted by molar-refractivity contribution is 7.98. The van der Waals surface area contributed by atoms with Crippen molar-refractivity contribution in [3.05, 3.63) is 24.5 Å². The van der Waals surface area contributed by atoms with Crippen LogP contribution in [0.15, 0.2) is 24.5 Å². The summed E-state index contributed by atoms with van der Waals surface area (Å²) in [4.78, 5) is 14.6. The van der Waals surface area contributed by atoms with Gasteiger partial charge in [0.1, 0.15) is 6.04 Å². The summed E-state index contributed by atoms with van der Waals surface area (Å²) >= 11 is 1.72. The van der Waals surface area contributed by atoms with E-state index in [1.165, 1.54) is 10.6 Å². The number of amides is 1. The predicted molar refractivity (Wildman–Crippen MR) is 89.5 cm³/mol. The molecule has 0 spiro atoms. The fraction of sp³-hybridized carbons (Fsp3) is 0.643. The molecule has 1 atom stereocenters. The fourth-order valence-electron chi connectivity index (χ4n) is 2.64. The first kappa shape index (κ1) is 17.4. The summed E-state index contributed by atoms with van der Waals surface area (Å²) in [6.07, 6.45) is 7.85. The first-order chi connectivity index (χ1) is 10.4. The molecule has 0 bridgehead atoms. The highest BCUT2D eigenvalue weighted by Gasteiger charge is 2.30. The van der Waals surface area contributed by atoms with Crippen molar-refractivity contribution in [3.63, 3.8) is 0 Å². The van der Waals surface area contributed by atoms with Crippen LogP contribution in [0.25, 0.3) is 0 Å². The lowest BCUT2D eigenvalue weighted by atomic mass is 10.1. The molecule has 0 radical (unpaired) electrons. The molecule has 1 aliphatic heterocycles. The van der Waals surface area contributed by atoms with Crippen LogP contribution in [0.4, 0.5) is 0 Å². The monoisotopic (exact) mass is 345 g/mol. The quantitative estimate of drug-likeness (QED) is 0.768. The first-order valence-corrected chi connectivity index (χ1v) is 10.5. The Hall–Kier alpha value is -0.990. The van der Waals surface area contributed by atoms with Crippen molar-refractivity contribution >= 4 is 27.7 Å². The molecule has 22 heavy (non-hydrogen) atoms. The largest absolute Gasteiger partial charge is 0.342 e. The minimum Gasteiger partial charge on any atom is -0.342 e. The summed E-state index contributed by atoms with van der Waals surface area (Å²) < 4.78 is 26.5. The molecule has 0 saturated carbocycles. The molecule has 1 aromatic rings. The molecule has 2 rings (SSSR count). The lowest BCUT2D eigenvalue weighted by molar-refractivity contribution is -0.136. The average molecular weight is 345 g/mol. The van der Waals surface area contributed by atoms with E-state index < -0.39 is 10.0 Å². The zero-order chi connectivity index (χ0) is 16.2. The molecule has 6 nitrogen and oxygen atoms in total. The third-order valence-electron chi connectivity index (χ3n) is 3.89. The number of hydrogen-bond donors (Lipinski definition) is 0. The van der Waals surface area contributed by atoms with Crippen LogP contribution in [0, 0.1) is 0 Å². The number of nitrogens with zero attached hydrogens (tertiary/aromatic N) is 3. The van der Waals surface area contributed by atoms with E-state index in [9.17, 15) is 13.2 Å². The van der Waals surface area contributed by atoms with Crippen molar-refractivity contribution in [1.29, 1.82) is 0 Å². The Labute approximate surface area is 136 Å². The van der Waals surface area contributed by atoms with Crippen LogP contribution in [0.1, 0.15) is 12.5 Å². The van der Waals surface area contributed by atoms with Gasteiger partial charge in [0.25, 0.3) is 0 Å². The maximum Gasteiger partial charge on any atom is 0.245 e. The maximum atomic E-state index is 12.8. The van der Waals surface area contributed by atoms with Gasteiger partial charge in [-0.05, 0) is 30.6 Å². The summed E-state index contributed by atoms with van der Waals surface area (Å²) in [5.74, 6) is 0.996. The topological polar surface area (TPSA) is 62.6 Å². The Morgan fingerprint density at radius 1 is 1.18 bits per heavy atom. The number of sulfonamides is 1. The van der Waals surface area contributed by atoms with E-state index in [1.54, 1.807) is 16.7 Å². The van der Waals surface area contributed by atoms with Gasteiger partial charge in [-0.2, -0.15) is 16.1 Å². The normalized spacial score (nSPS) is 18.4. The SMILES string of the molecule is CSCCC(C(=O)N1CCN(S(C)(=O)=O)CC1)n1cccc1. The summed E-state index contributed by atoms with van der Waals surface area (Å²) in [5, 5.41) is 0. The molecule has 0 aromatic carbocycles. The highest BCUT2D eigenvalue weighted by Crippen LogP contribution is 2.19. The van der Waals surface area contributed by atoms with Crippen LogP contribution in [0.5, 0.6) is 0 Å². The number of aromatic nitrogens is 1. The van der Waals surface area contributed by atoms with Gasteiger partial charge < -0.3 is 9.47 Å². The predicted octanol–water partition coefficient (Wildman–Crippen LogP) is 0.886. The van der Waals surface area contributed by atoms with E-state index in [-0.39, 0.29) is 11.9 Å². The molecule has 1 saturated heterocycles. The van der Waals surface area contributed by atoms with Gasteiger partial charge in [0, 0.05) is 38.6 Å². The second kappa shape index (κ2) is 7.52. The zero-order valence-electron chi connectivity index (χ0n) is 13.0. The number of rotatable bonds is 6. The van der Waals surface area contributed by atoms with E-state index in [0.29, 0.717) is 26.2 Å². The van der Waals surface area contributed by atoms with Crippen LogP contribution in [-0.2, 0) is 14.8 Å². The molecule has 124 valence electrons. The van der Waals surface area contributed by atoms with Crippen LogP contribution in [0.2, 0.25) is 0 Å². The summed E-state index contributed by atoms with van der Waals surface area (Å²) in [7, 11) is -3.17. The van der Waals surface area contributed by atoms with Crippen LogP contribution in [0.3, 0.4) is 0 Å².